The number of hydrogen-bond acceptors (Lipinski definition) is 4. The van der Waals surface area contributed by atoms with Crippen molar-refractivity contribution in [3.05, 3.63) is 83.8 Å². The molecule has 0 bridgehead atoms. The van der Waals surface area contributed by atoms with Gasteiger partial charge in [-0.25, -0.2) is 9.67 Å². The lowest BCUT2D eigenvalue weighted by molar-refractivity contribution is -0.137. The van der Waals surface area contributed by atoms with Gasteiger partial charge in [-0.05, 0) is 18.2 Å². The molecular formula is C23H14F6N4O2. The molecule has 2 aromatic heterocycles. The first-order chi connectivity index (χ1) is 16.5. The van der Waals surface area contributed by atoms with Gasteiger partial charge >= 0.3 is 12.4 Å². The van der Waals surface area contributed by atoms with E-state index in [2.05, 4.69) is 10.1 Å². The van der Waals surface area contributed by atoms with Crippen LogP contribution in [0.3, 0.4) is 0 Å². The van der Waals surface area contributed by atoms with Gasteiger partial charge in [0, 0.05) is 22.9 Å². The SMILES string of the molecule is NC(=O)C(=Cn1nc(-c2ccccc2C(F)(F)F)nc1-c1ccccc1C(F)(F)F)c1ccoc1. The molecule has 6 nitrogen and oxygen atoms in total. The van der Waals surface area contributed by atoms with E-state index < -0.39 is 52.2 Å². The highest BCUT2D eigenvalue weighted by atomic mass is 19.4. The van der Waals surface area contributed by atoms with Crippen molar-refractivity contribution < 1.29 is 35.6 Å². The van der Waals surface area contributed by atoms with Gasteiger partial charge in [-0.2, -0.15) is 26.3 Å². The Kier molecular flexibility index (Phi) is 5.97. The number of carbonyl (C=O) groups excluding carboxylic acids is 1. The summed E-state index contributed by atoms with van der Waals surface area (Å²) in [5.41, 5.74) is 2.29. The fourth-order valence-corrected chi connectivity index (χ4v) is 3.38. The predicted octanol–water partition coefficient (Wildman–Crippen LogP) is 5.73. The van der Waals surface area contributed by atoms with Crippen molar-refractivity contribution in [3.8, 4) is 22.8 Å². The summed E-state index contributed by atoms with van der Waals surface area (Å²) in [6, 6.07) is 10.1. The van der Waals surface area contributed by atoms with E-state index in [1.54, 1.807) is 0 Å². The van der Waals surface area contributed by atoms with Crippen molar-refractivity contribution in [3.63, 3.8) is 0 Å². The number of hydrogen-bond donors (Lipinski definition) is 1. The van der Waals surface area contributed by atoms with Crippen molar-refractivity contribution in [2.24, 2.45) is 5.73 Å². The van der Waals surface area contributed by atoms with Crippen molar-refractivity contribution in [1.82, 2.24) is 14.8 Å². The lowest BCUT2D eigenvalue weighted by Crippen LogP contribution is -2.14. The molecule has 4 aromatic rings. The van der Waals surface area contributed by atoms with Gasteiger partial charge in [-0.1, -0.05) is 36.4 Å². The summed E-state index contributed by atoms with van der Waals surface area (Å²) in [6.45, 7) is 0. The molecule has 0 aliphatic rings. The van der Waals surface area contributed by atoms with Crippen molar-refractivity contribution in [1.29, 1.82) is 0 Å². The van der Waals surface area contributed by atoms with E-state index in [0.29, 0.717) is 0 Å². The Balaban J connectivity index is 2.02. The Morgan fingerprint density at radius 2 is 1.46 bits per heavy atom. The number of nitrogens with two attached hydrogens (primary N) is 1. The maximum Gasteiger partial charge on any atom is 0.417 e. The zero-order valence-electron chi connectivity index (χ0n) is 17.4. The highest BCUT2D eigenvalue weighted by Crippen LogP contribution is 2.39. The normalized spacial score (nSPS) is 12.7. The number of halogens is 6. The molecule has 0 aliphatic carbocycles. The van der Waals surface area contributed by atoms with Crippen molar-refractivity contribution in [2.45, 2.75) is 12.4 Å². The minimum absolute atomic E-state index is 0.181. The van der Waals surface area contributed by atoms with Gasteiger partial charge in [-0.15, -0.1) is 5.10 Å². The van der Waals surface area contributed by atoms with Gasteiger partial charge in [0.15, 0.2) is 11.6 Å². The summed E-state index contributed by atoms with van der Waals surface area (Å²) < 4.78 is 87.7. The zero-order chi connectivity index (χ0) is 25.4. The van der Waals surface area contributed by atoms with Crippen LogP contribution in [0.15, 0.2) is 71.5 Å². The number of alkyl halides is 6. The molecule has 0 saturated carbocycles. The third-order valence-corrected chi connectivity index (χ3v) is 4.93. The van der Waals surface area contributed by atoms with Gasteiger partial charge in [0.05, 0.1) is 29.2 Å². The molecule has 1 amide bonds. The Labute approximate surface area is 193 Å². The summed E-state index contributed by atoms with van der Waals surface area (Å²) >= 11 is 0. The molecule has 180 valence electrons. The number of carbonyl (C=O) groups is 1. The van der Waals surface area contributed by atoms with Crippen LogP contribution in [0.25, 0.3) is 34.5 Å². The van der Waals surface area contributed by atoms with Gasteiger partial charge in [0.2, 0.25) is 0 Å². The summed E-state index contributed by atoms with van der Waals surface area (Å²) in [6.07, 6.45) is -6.20. The van der Waals surface area contributed by atoms with Crippen LogP contribution in [0.5, 0.6) is 0 Å². The van der Waals surface area contributed by atoms with Gasteiger partial charge in [0.1, 0.15) is 0 Å². The molecule has 12 heteroatoms. The average Bonchev–Trinajstić information content (AvgIpc) is 3.46. The smallest absolute Gasteiger partial charge is 0.417 e. The van der Waals surface area contributed by atoms with Crippen LogP contribution in [0.4, 0.5) is 26.3 Å². The Morgan fingerprint density at radius 1 is 0.886 bits per heavy atom. The number of benzene rings is 2. The molecule has 2 N–H and O–H groups in total. The van der Waals surface area contributed by atoms with Crippen LogP contribution in [-0.2, 0) is 17.1 Å². The van der Waals surface area contributed by atoms with E-state index in [-0.39, 0.29) is 11.1 Å². The quantitative estimate of drug-likeness (QED) is 0.285. The van der Waals surface area contributed by atoms with Gasteiger partial charge < -0.3 is 10.2 Å². The molecule has 0 fully saturated rings. The van der Waals surface area contributed by atoms with E-state index in [1.807, 2.05) is 0 Å². The Morgan fingerprint density at radius 3 is 2.00 bits per heavy atom. The molecule has 0 aliphatic heterocycles. The molecule has 0 atom stereocenters. The Hall–Kier alpha value is -4.35. The molecule has 35 heavy (non-hydrogen) atoms. The summed E-state index contributed by atoms with van der Waals surface area (Å²) in [5, 5.41) is 4.01. The van der Waals surface area contributed by atoms with E-state index in [0.717, 1.165) is 53.5 Å². The van der Waals surface area contributed by atoms with Crippen LogP contribution >= 0.6 is 0 Å². The predicted molar refractivity (Wildman–Crippen MR) is 113 cm³/mol. The average molecular weight is 492 g/mol. The highest BCUT2D eigenvalue weighted by molar-refractivity contribution is 6.22. The largest absolute Gasteiger partial charge is 0.472 e. The molecule has 4 rings (SSSR count). The minimum atomic E-state index is -4.81. The lowest BCUT2D eigenvalue weighted by atomic mass is 10.1. The third kappa shape index (κ3) is 4.81. The molecule has 2 heterocycles. The first-order valence-electron chi connectivity index (χ1n) is 9.80. The second-order valence-electron chi connectivity index (χ2n) is 7.21. The maximum absolute atomic E-state index is 13.7. The first-order valence-corrected chi connectivity index (χ1v) is 9.80. The lowest BCUT2D eigenvalue weighted by Gasteiger charge is -2.12. The first kappa shape index (κ1) is 23.8. The van der Waals surface area contributed by atoms with Crippen LogP contribution in [-0.4, -0.2) is 20.7 Å². The number of primary amides is 1. The number of rotatable bonds is 5. The van der Waals surface area contributed by atoms with Crippen LogP contribution in [0.2, 0.25) is 0 Å². The number of nitrogens with zero attached hydrogens (tertiary/aromatic N) is 3. The van der Waals surface area contributed by atoms with E-state index in [9.17, 15) is 31.1 Å². The Bertz CT molecular complexity index is 1400. The highest BCUT2D eigenvalue weighted by Gasteiger charge is 2.37. The molecule has 0 unspecified atom stereocenters. The maximum atomic E-state index is 13.7. The monoisotopic (exact) mass is 492 g/mol. The van der Waals surface area contributed by atoms with Gasteiger partial charge in [0.25, 0.3) is 5.91 Å². The van der Waals surface area contributed by atoms with Crippen LogP contribution in [0, 0.1) is 0 Å². The number of furan rings is 1. The van der Waals surface area contributed by atoms with Gasteiger partial charge in [-0.3, -0.25) is 4.79 Å². The summed E-state index contributed by atoms with van der Waals surface area (Å²) in [7, 11) is 0. The second-order valence-corrected chi connectivity index (χ2v) is 7.21. The zero-order valence-corrected chi connectivity index (χ0v) is 17.4. The summed E-state index contributed by atoms with van der Waals surface area (Å²) in [4.78, 5) is 16.1. The fourth-order valence-electron chi connectivity index (χ4n) is 3.38. The van der Waals surface area contributed by atoms with E-state index in [4.69, 9.17) is 10.2 Å². The van der Waals surface area contributed by atoms with Crippen LogP contribution < -0.4 is 5.73 Å². The molecule has 0 spiro atoms. The second kappa shape index (κ2) is 8.78. The van der Waals surface area contributed by atoms with E-state index in [1.165, 1.54) is 24.5 Å². The molecular weight excluding hydrogens is 478 g/mol. The number of amides is 1. The fraction of sp³-hybridized carbons (Fsp3) is 0.0870. The van der Waals surface area contributed by atoms with Crippen molar-refractivity contribution >= 4 is 17.7 Å². The number of aromatic nitrogens is 3. The van der Waals surface area contributed by atoms with Crippen LogP contribution in [0.1, 0.15) is 16.7 Å². The minimum Gasteiger partial charge on any atom is -0.472 e. The third-order valence-electron chi connectivity index (χ3n) is 4.93. The summed E-state index contributed by atoms with van der Waals surface area (Å²) in [5.74, 6) is -1.93. The molecule has 0 saturated heterocycles. The standard InChI is InChI=1S/C23H14F6N4O2/c24-22(25,26)17-7-3-1-5-14(17)20-31-21(15-6-2-4-8-18(15)23(27,28)29)33(32-20)11-16(19(30)34)13-9-10-35-12-13/h1-12H,(H2,30,34). The molecule has 0 radical (unpaired) electrons. The van der Waals surface area contributed by atoms with Crippen molar-refractivity contribution in [2.75, 3.05) is 0 Å². The topological polar surface area (TPSA) is 86.9 Å². The van der Waals surface area contributed by atoms with E-state index >= 15 is 0 Å². The molecule has 2 aromatic carbocycles.